The molecule has 30 heavy (non-hydrogen) atoms. The predicted molar refractivity (Wildman–Crippen MR) is 115 cm³/mol. The van der Waals surface area contributed by atoms with Gasteiger partial charge in [0, 0.05) is 35.9 Å². The molecule has 0 radical (unpaired) electrons. The Labute approximate surface area is 175 Å². The van der Waals surface area contributed by atoms with Crippen molar-refractivity contribution in [3.8, 4) is 0 Å². The van der Waals surface area contributed by atoms with Crippen LogP contribution in [0, 0.1) is 5.82 Å². The Morgan fingerprint density at radius 3 is 2.80 bits per heavy atom. The third-order valence-corrected chi connectivity index (χ3v) is 6.46. The molecule has 0 unspecified atom stereocenters. The Balaban J connectivity index is 1.30. The van der Waals surface area contributed by atoms with E-state index in [2.05, 4.69) is 34.1 Å². The zero-order chi connectivity index (χ0) is 20.6. The number of rotatable bonds is 3. The number of fused-ring (bicyclic) bond motifs is 1. The maximum absolute atomic E-state index is 13.3. The van der Waals surface area contributed by atoms with Crippen LogP contribution < -0.4 is 4.90 Å². The number of likely N-dealkylation sites (tertiary alicyclic amines) is 1. The van der Waals surface area contributed by atoms with Gasteiger partial charge in [0.1, 0.15) is 12.4 Å². The maximum atomic E-state index is 13.3. The molecule has 3 heterocycles. The largest absolute Gasteiger partial charge is 0.363 e. The molecular weight excluding hydrogens is 381 g/mol. The number of ether oxygens (including phenoxy) is 1. The SMILES string of the molecule is O=C1CO[C@@]2(CCCN(Cc3cccc4[nH]ccc34)CC2)CN1c1ccc(F)cc1. The van der Waals surface area contributed by atoms with E-state index in [-0.39, 0.29) is 23.9 Å². The Morgan fingerprint density at radius 1 is 1.07 bits per heavy atom. The zero-order valence-corrected chi connectivity index (χ0v) is 16.9. The van der Waals surface area contributed by atoms with E-state index in [1.165, 1.54) is 28.6 Å². The van der Waals surface area contributed by atoms with E-state index in [0.29, 0.717) is 6.54 Å². The summed E-state index contributed by atoms with van der Waals surface area (Å²) in [5.74, 6) is -0.357. The summed E-state index contributed by atoms with van der Waals surface area (Å²) in [6.45, 7) is 3.45. The van der Waals surface area contributed by atoms with Gasteiger partial charge in [-0.25, -0.2) is 4.39 Å². The molecule has 2 aromatic carbocycles. The number of carbonyl (C=O) groups is 1. The van der Waals surface area contributed by atoms with Gasteiger partial charge in [-0.3, -0.25) is 9.69 Å². The number of amides is 1. The maximum Gasteiger partial charge on any atom is 0.253 e. The van der Waals surface area contributed by atoms with Crippen molar-refractivity contribution in [2.45, 2.75) is 31.4 Å². The number of hydrogen-bond donors (Lipinski definition) is 1. The van der Waals surface area contributed by atoms with E-state index in [0.717, 1.165) is 44.6 Å². The molecule has 2 aliphatic heterocycles. The van der Waals surface area contributed by atoms with Gasteiger partial charge in [-0.1, -0.05) is 12.1 Å². The number of morpholine rings is 1. The highest BCUT2D eigenvalue weighted by Gasteiger charge is 2.41. The van der Waals surface area contributed by atoms with E-state index in [4.69, 9.17) is 4.74 Å². The highest BCUT2D eigenvalue weighted by atomic mass is 19.1. The summed E-state index contributed by atoms with van der Waals surface area (Å²) < 4.78 is 19.4. The van der Waals surface area contributed by atoms with Gasteiger partial charge < -0.3 is 14.6 Å². The zero-order valence-electron chi connectivity index (χ0n) is 16.9. The van der Waals surface area contributed by atoms with Crippen LogP contribution in [0.3, 0.4) is 0 Å². The molecule has 1 spiro atoms. The monoisotopic (exact) mass is 407 g/mol. The predicted octanol–water partition coefficient (Wildman–Crippen LogP) is 4.10. The summed E-state index contributed by atoms with van der Waals surface area (Å²) in [6, 6.07) is 14.7. The lowest BCUT2D eigenvalue weighted by Crippen LogP contribution is -2.55. The fraction of sp³-hybridized carbons (Fsp3) is 0.375. The average Bonchev–Trinajstić information content (AvgIpc) is 3.16. The van der Waals surface area contributed by atoms with E-state index in [9.17, 15) is 9.18 Å². The first kappa shape index (κ1) is 19.3. The van der Waals surface area contributed by atoms with Crippen LogP contribution in [-0.4, -0.2) is 47.6 Å². The highest BCUT2D eigenvalue weighted by Crippen LogP contribution is 2.33. The minimum absolute atomic E-state index is 0.0625. The minimum Gasteiger partial charge on any atom is -0.363 e. The molecule has 2 aliphatic rings. The first-order valence-corrected chi connectivity index (χ1v) is 10.6. The van der Waals surface area contributed by atoms with Crippen LogP contribution in [0.5, 0.6) is 0 Å². The van der Waals surface area contributed by atoms with Crippen LogP contribution in [-0.2, 0) is 16.1 Å². The van der Waals surface area contributed by atoms with Crippen molar-refractivity contribution in [1.82, 2.24) is 9.88 Å². The fourth-order valence-electron chi connectivity index (χ4n) is 4.78. The molecule has 156 valence electrons. The molecule has 1 atom stereocenters. The van der Waals surface area contributed by atoms with Gasteiger partial charge in [-0.15, -0.1) is 0 Å². The highest BCUT2D eigenvalue weighted by molar-refractivity contribution is 5.95. The minimum atomic E-state index is -0.336. The first-order valence-electron chi connectivity index (χ1n) is 10.6. The molecule has 2 saturated heterocycles. The Kier molecular flexibility index (Phi) is 5.05. The number of H-pyrrole nitrogens is 1. The molecule has 1 aromatic heterocycles. The van der Waals surface area contributed by atoms with E-state index in [1.54, 1.807) is 17.0 Å². The van der Waals surface area contributed by atoms with Crippen molar-refractivity contribution in [2.24, 2.45) is 0 Å². The number of hydrogen-bond acceptors (Lipinski definition) is 3. The average molecular weight is 407 g/mol. The molecular formula is C24H26FN3O2. The Morgan fingerprint density at radius 2 is 1.93 bits per heavy atom. The third kappa shape index (κ3) is 3.73. The van der Waals surface area contributed by atoms with Gasteiger partial charge in [0.05, 0.1) is 12.1 Å². The molecule has 3 aromatic rings. The second kappa shape index (κ2) is 7.85. The van der Waals surface area contributed by atoms with E-state index >= 15 is 0 Å². The topological polar surface area (TPSA) is 48.6 Å². The van der Waals surface area contributed by atoms with Crippen LogP contribution in [0.15, 0.2) is 54.7 Å². The van der Waals surface area contributed by atoms with Gasteiger partial charge in [-0.2, -0.15) is 0 Å². The summed E-state index contributed by atoms with van der Waals surface area (Å²) >= 11 is 0. The summed E-state index contributed by atoms with van der Waals surface area (Å²) in [5, 5.41) is 1.28. The van der Waals surface area contributed by atoms with Crippen molar-refractivity contribution in [1.29, 1.82) is 0 Å². The van der Waals surface area contributed by atoms with Crippen molar-refractivity contribution in [3.63, 3.8) is 0 Å². The molecule has 1 amide bonds. The second-order valence-corrected chi connectivity index (χ2v) is 8.41. The van der Waals surface area contributed by atoms with Gasteiger partial charge in [-0.05, 0) is 67.8 Å². The summed E-state index contributed by atoms with van der Waals surface area (Å²) in [4.78, 5) is 20.0. The van der Waals surface area contributed by atoms with Gasteiger partial charge in [0.2, 0.25) is 0 Å². The van der Waals surface area contributed by atoms with Crippen LogP contribution in [0.4, 0.5) is 10.1 Å². The molecule has 0 saturated carbocycles. The third-order valence-electron chi connectivity index (χ3n) is 6.46. The Bertz CT molecular complexity index is 1050. The standard InChI is InChI=1S/C24H26FN3O2/c25-19-5-7-20(8-6-19)28-17-24(30-16-23(28)29)10-2-13-27(14-11-24)15-18-3-1-4-22-21(18)9-12-26-22/h1,3-9,12,26H,2,10-11,13-17H2/t24-/m1/s1. The molecule has 2 fully saturated rings. The van der Waals surface area contributed by atoms with Crippen molar-refractivity contribution >= 4 is 22.5 Å². The van der Waals surface area contributed by atoms with E-state index in [1.807, 2.05) is 6.20 Å². The number of aromatic nitrogens is 1. The molecule has 5 nitrogen and oxygen atoms in total. The number of halogens is 1. The molecule has 0 aliphatic carbocycles. The van der Waals surface area contributed by atoms with E-state index < -0.39 is 0 Å². The lowest BCUT2D eigenvalue weighted by Gasteiger charge is -2.42. The smallest absolute Gasteiger partial charge is 0.253 e. The van der Waals surface area contributed by atoms with Gasteiger partial charge in [0.25, 0.3) is 5.91 Å². The van der Waals surface area contributed by atoms with Crippen LogP contribution >= 0.6 is 0 Å². The molecule has 6 heteroatoms. The first-order chi connectivity index (χ1) is 14.6. The van der Waals surface area contributed by atoms with Crippen LogP contribution in [0.2, 0.25) is 0 Å². The fourth-order valence-corrected chi connectivity index (χ4v) is 4.78. The number of benzene rings is 2. The van der Waals surface area contributed by atoms with Gasteiger partial charge in [0.15, 0.2) is 0 Å². The van der Waals surface area contributed by atoms with Crippen molar-refractivity contribution in [2.75, 3.05) is 31.1 Å². The normalized spacial score (nSPS) is 23.2. The molecule has 0 bridgehead atoms. The molecule has 1 N–H and O–H groups in total. The number of nitrogens with zero attached hydrogens (tertiary/aromatic N) is 2. The summed E-state index contributed by atoms with van der Waals surface area (Å²) in [6.07, 6.45) is 4.81. The number of aromatic amines is 1. The summed E-state index contributed by atoms with van der Waals surface area (Å²) in [7, 11) is 0. The van der Waals surface area contributed by atoms with Crippen molar-refractivity contribution < 1.29 is 13.9 Å². The lowest BCUT2D eigenvalue weighted by molar-refractivity contribution is -0.140. The quantitative estimate of drug-likeness (QED) is 0.711. The number of carbonyl (C=O) groups excluding carboxylic acids is 1. The lowest BCUT2D eigenvalue weighted by atomic mass is 9.92. The van der Waals surface area contributed by atoms with Crippen LogP contribution in [0.1, 0.15) is 24.8 Å². The Hall–Kier alpha value is -2.70. The number of nitrogens with one attached hydrogen (secondary N) is 1. The van der Waals surface area contributed by atoms with Crippen LogP contribution in [0.25, 0.3) is 10.9 Å². The number of anilines is 1. The van der Waals surface area contributed by atoms with Gasteiger partial charge >= 0.3 is 0 Å². The van der Waals surface area contributed by atoms with Crippen molar-refractivity contribution in [3.05, 3.63) is 66.1 Å². The second-order valence-electron chi connectivity index (χ2n) is 8.41. The summed E-state index contributed by atoms with van der Waals surface area (Å²) in [5.41, 5.74) is 2.90. The molecule has 5 rings (SSSR count).